The number of carbonyl (C=O) groups excluding carboxylic acids is 1. The summed E-state index contributed by atoms with van der Waals surface area (Å²) in [7, 11) is 1.84. The molecule has 0 bridgehead atoms. The van der Waals surface area contributed by atoms with Gasteiger partial charge in [0.05, 0.1) is 5.54 Å². The van der Waals surface area contributed by atoms with Gasteiger partial charge in [0.1, 0.15) is 0 Å². The van der Waals surface area contributed by atoms with Crippen LogP contribution in [0.25, 0.3) is 0 Å². The Morgan fingerprint density at radius 1 is 1.47 bits per heavy atom. The average molecular weight is 214 g/mol. The number of amides is 1. The van der Waals surface area contributed by atoms with E-state index in [9.17, 15) is 4.79 Å². The molecule has 1 aliphatic rings. The summed E-state index contributed by atoms with van der Waals surface area (Å²) >= 11 is 0. The number of carbonyl (C=O) groups is 1. The Labute approximate surface area is 91.8 Å². The Balaban J connectivity index is 2.49. The minimum absolute atomic E-state index is 0.0688. The molecule has 0 aliphatic carbocycles. The van der Waals surface area contributed by atoms with Crippen LogP contribution in [-0.4, -0.2) is 43.2 Å². The number of hydrogen-bond donors (Lipinski definition) is 1. The first-order valence-electron chi connectivity index (χ1n) is 5.72. The summed E-state index contributed by atoms with van der Waals surface area (Å²) in [4.78, 5) is 13.8. The third-order valence-corrected chi connectivity index (χ3v) is 3.00. The fourth-order valence-corrected chi connectivity index (χ4v) is 1.83. The van der Waals surface area contributed by atoms with E-state index in [0.29, 0.717) is 26.1 Å². The molecule has 88 valence electrons. The lowest BCUT2D eigenvalue weighted by atomic mass is 9.90. The van der Waals surface area contributed by atoms with Crippen molar-refractivity contribution in [2.24, 2.45) is 5.73 Å². The lowest BCUT2D eigenvalue weighted by Gasteiger charge is -2.35. The number of nitrogens with zero attached hydrogens (tertiary/aromatic N) is 1. The van der Waals surface area contributed by atoms with Gasteiger partial charge in [-0.05, 0) is 19.3 Å². The number of nitrogens with two attached hydrogens (primary N) is 1. The molecule has 1 heterocycles. The molecule has 1 fully saturated rings. The van der Waals surface area contributed by atoms with Crippen molar-refractivity contribution in [2.75, 3.05) is 26.8 Å². The van der Waals surface area contributed by atoms with E-state index in [1.165, 1.54) is 0 Å². The Morgan fingerprint density at radius 3 is 2.60 bits per heavy atom. The summed E-state index contributed by atoms with van der Waals surface area (Å²) in [6.45, 7) is 4.12. The van der Waals surface area contributed by atoms with Gasteiger partial charge in [0.2, 0.25) is 5.91 Å². The van der Waals surface area contributed by atoms with Crippen molar-refractivity contribution >= 4 is 5.91 Å². The molecule has 15 heavy (non-hydrogen) atoms. The Bertz CT molecular complexity index is 213. The highest BCUT2D eigenvalue weighted by Crippen LogP contribution is 2.20. The maximum absolute atomic E-state index is 12.1. The second kappa shape index (κ2) is 5.47. The molecular weight excluding hydrogens is 192 g/mol. The minimum Gasteiger partial charge on any atom is -0.381 e. The van der Waals surface area contributed by atoms with Gasteiger partial charge in [-0.1, -0.05) is 13.3 Å². The van der Waals surface area contributed by atoms with Gasteiger partial charge in [0.25, 0.3) is 0 Å². The van der Waals surface area contributed by atoms with Crippen LogP contribution in [0.15, 0.2) is 0 Å². The Morgan fingerprint density at radius 2 is 2.07 bits per heavy atom. The summed E-state index contributed by atoms with van der Waals surface area (Å²) in [5, 5.41) is 0. The van der Waals surface area contributed by atoms with Crippen molar-refractivity contribution in [1.82, 2.24) is 4.90 Å². The van der Waals surface area contributed by atoms with Crippen LogP contribution >= 0.6 is 0 Å². The molecule has 0 aromatic carbocycles. The third kappa shape index (κ3) is 3.18. The van der Waals surface area contributed by atoms with Gasteiger partial charge in [0, 0.05) is 26.8 Å². The van der Waals surface area contributed by atoms with E-state index in [4.69, 9.17) is 10.5 Å². The number of hydrogen-bond acceptors (Lipinski definition) is 3. The second-order valence-electron chi connectivity index (χ2n) is 4.35. The lowest BCUT2D eigenvalue weighted by Crippen LogP contribution is -2.57. The zero-order valence-corrected chi connectivity index (χ0v) is 9.79. The third-order valence-electron chi connectivity index (χ3n) is 3.00. The SMILES string of the molecule is CCCCN(C)C(=O)C1(N)CCOCC1. The molecule has 4 heteroatoms. The predicted molar refractivity (Wildman–Crippen MR) is 59.5 cm³/mol. The normalized spacial score (nSPS) is 19.9. The summed E-state index contributed by atoms with van der Waals surface area (Å²) in [5.41, 5.74) is 5.42. The largest absolute Gasteiger partial charge is 0.381 e. The molecule has 0 radical (unpaired) electrons. The van der Waals surface area contributed by atoms with Crippen molar-refractivity contribution in [1.29, 1.82) is 0 Å². The van der Waals surface area contributed by atoms with Crippen molar-refractivity contribution < 1.29 is 9.53 Å². The molecule has 1 aliphatic heterocycles. The van der Waals surface area contributed by atoms with E-state index in [1.807, 2.05) is 7.05 Å². The van der Waals surface area contributed by atoms with Crippen LogP contribution in [0.1, 0.15) is 32.6 Å². The van der Waals surface area contributed by atoms with Crippen LogP contribution in [0.2, 0.25) is 0 Å². The lowest BCUT2D eigenvalue weighted by molar-refractivity contribution is -0.139. The molecule has 2 N–H and O–H groups in total. The summed E-state index contributed by atoms with van der Waals surface area (Å²) in [6, 6.07) is 0. The van der Waals surface area contributed by atoms with Gasteiger partial charge in [0.15, 0.2) is 0 Å². The van der Waals surface area contributed by atoms with Crippen molar-refractivity contribution in [3.8, 4) is 0 Å². The van der Waals surface area contributed by atoms with E-state index in [1.54, 1.807) is 4.90 Å². The number of ether oxygens (including phenoxy) is 1. The second-order valence-corrected chi connectivity index (χ2v) is 4.35. The van der Waals surface area contributed by atoms with Gasteiger partial charge in [-0.25, -0.2) is 0 Å². The monoisotopic (exact) mass is 214 g/mol. The van der Waals surface area contributed by atoms with Crippen LogP contribution in [-0.2, 0) is 9.53 Å². The van der Waals surface area contributed by atoms with Gasteiger partial charge < -0.3 is 15.4 Å². The first kappa shape index (κ1) is 12.5. The summed E-state index contributed by atoms with van der Waals surface area (Å²) < 4.78 is 5.23. The smallest absolute Gasteiger partial charge is 0.242 e. The van der Waals surface area contributed by atoms with Crippen LogP contribution in [0.3, 0.4) is 0 Å². The molecule has 1 amide bonds. The van der Waals surface area contributed by atoms with Crippen LogP contribution in [0.5, 0.6) is 0 Å². The minimum atomic E-state index is -0.680. The first-order valence-corrected chi connectivity index (χ1v) is 5.72. The quantitative estimate of drug-likeness (QED) is 0.751. The standard InChI is InChI=1S/C11H22N2O2/c1-3-4-7-13(2)10(14)11(12)5-8-15-9-6-11/h3-9,12H2,1-2H3. The number of rotatable bonds is 4. The Hall–Kier alpha value is -0.610. The molecule has 0 saturated carbocycles. The highest BCUT2D eigenvalue weighted by Gasteiger charge is 2.37. The van der Waals surface area contributed by atoms with Crippen LogP contribution in [0.4, 0.5) is 0 Å². The molecule has 1 saturated heterocycles. The van der Waals surface area contributed by atoms with Crippen LogP contribution < -0.4 is 5.73 Å². The summed E-state index contributed by atoms with van der Waals surface area (Å²) in [5.74, 6) is 0.0688. The van der Waals surface area contributed by atoms with Crippen molar-refractivity contribution in [3.63, 3.8) is 0 Å². The molecule has 0 aromatic rings. The van der Waals surface area contributed by atoms with Crippen molar-refractivity contribution in [2.45, 2.75) is 38.1 Å². The highest BCUT2D eigenvalue weighted by atomic mass is 16.5. The predicted octanol–water partition coefficient (Wildman–Crippen LogP) is 0.753. The van der Waals surface area contributed by atoms with E-state index in [0.717, 1.165) is 19.4 Å². The molecule has 0 spiro atoms. The number of unbranched alkanes of at least 4 members (excludes halogenated alkanes) is 1. The maximum Gasteiger partial charge on any atom is 0.242 e. The molecule has 0 aromatic heterocycles. The molecule has 4 nitrogen and oxygen atoms in total. The van der Waals surface area contributed by atoms with E-state index >= 15 is 0 Å². The molecular formula is C11H22N2O2. The van der Waals surface area contributed by atoms with Crippen LogP contribution in [0, 0.1) is 0 Å². The Kier molecular flexibility index (Phi) is 4.54. The van der Waals surface area contributed by atoms with Gasteiger partial charge in [-0.2, -0.15) is 0 Å². The van der Waals surface area contributed by atoms with E-state index in [2.05, 4.69) is 6.92 Å². The van der Waals surface area contributed by atoms with E-state index in [-0.39, 0.29) is 5.91 Å². The van der Waals surface area contributed by atoms with E-state index < -0.39 is 5.54 Å². The molecule has 0 unspecified atom stereocenters. The fraction of sp³-hybridized carbons (Fsp3) is 0.909. The summed E-state index contributed by atoms with van der Waals surface area (Å²) in [6.07, 6.45) is 3.41. The number of likely N-dealkylation sites (N-methyl/N-ethyl adjacent to an activating group) is 1. The van der Waals surface area contributed by atoms with Gasteiger partial charge in [-0.15, -0.1) is 0 Å². The average Bonchev–Trinajstić information content (AvgIpc) is 2.26. The maximum atomic E-state index is 12.1. The van der Waals surface area contributed by atoms with Gasteiger partial charge in [-0.3, -0.25) is 4.79 Å². The molecule has 1 rings (SSSR count). The van der Waals surface area contributed by atoms with Gasteiger partial charge >= 0.3 is 0 Å². The highest BCUT2D eigenvalue weighted by molar-refractivity contribution is 5.86. The molecule has 0 atom stereocenters. The fourth-order valence-electron chi connectivity index (χ4n) is 1.83. The van der Waals surface area contributed by atoms with Crippen molar-refractivity contribution in [3.05, 3.63) is 0 Å². The first-order chi connectivity index (χ1) is 7.10. The zero-order chi connectivity index (χ0) is 11.3. The zero-order valence-electron chi connectivity index (χ0n) is 9.79. The topological polar surface area (TPSA) is 55.6 Å².